The molecule has 1 N–H and O–H groups in total. The van der Waals surface area contributed by atoms with Gasteiger partial charge in [0.1, 0.15) is 9.84 Å². The Labute approximate surface area is 73.0 Å². The van der Waals surface area contributed by atoms with E-state index in [4.69, 9.17) is 5.11 Å². The summed E-state index contributed by atoms with van der Waals surface area (Å²) < 4.78 is 22.0. The van der Waals surface area contributed by atoms with Crippen molar-refractivity contribution in [3.05, 3.63) is 12.2 Å². The molecule has 0 aromatic rings. The van der Waals surface area contributed by atoms with Gasteiger partial charge < -0.3 is 5.11 Å². The summed E-state index contributed by atoms with van der Waals surface area (Å²) in [6.45, 7) is 3.68. The van der Waals surface area contributed by atoms with E-state index in [0.717, 1.165) is 5.57 Å². The maximum Gasteiger partial charge on any atom is 0.150 e. The third kappa shape index (κ3) is 2.32. The van der Waals surface area contributed by atoms with Crippen LogP contribution in [0.25, 0.3) is 0 Å². The number of rotatable bonds is 2. The molecule has 70 valence electrons. The smallest absolute Gasteiger partial charge is 0.150 e. The van der Waals surface area contributed by atoms with Crippen LogP contribution < -0.4 is 0 Å². The van der Waals surface area contributed by atoms with Crippen LogP contribution in [0.1, 0.15) is 12.8 Å². The average molecular weight is 190 g/mol. The maximum atomic E-state index is 11.0. The van der Waals surface area contributed by atoms with Gasteiger partial charge in [0.25, 0.3) is 0 Å². The molecule has 1 aliphatic rings. The summed E-state index contributed by atoms with van der Waals surface area (Å²) in [5.41, 5.74) is 0.768. The maximum absolute atomic E-state index is 11.0. The zero-order valence-electron chi connectivity index (χ0n) is 6.99. The second-order valence-corrected chi connectivity index (χ2v) is 5.55. The monoisotopic (exact) mass is 190 g/mol. The molecular weight excluding hydrogens is 176 g/mol. The summed E-state index contributed by atoms with van der Waals surface area (Å²) >= 11 is 0. The van der Waals surface area contributed by atoms with E-state index < -0.39 is 9.84 Å². The minimum Gasteiger partial charge on any atom is -0.392 e. The predicted octanol–water partition coefficient (Wildman–Crippen LogP) is 0.360. The van der Waals surface area contributed by atoms with Crippen LogP contribution in [-0.4, -0.2) is 31.6 Å². The average Bonchev–Trinajstić information content (AvgIpc) is 2.03. The highest BCUT2D eigenvalue weighted by molar-refractivity contribution is 7.91. The molecule has 0 saturated carbocycles. The fourth-order valence-electron chi connectivity index (χ4n) is 1.43. The molecule has 1 fully saturated rings. The lowest BCUT2D eigenvalue weighted by atomic mass is 9.95. The normalized spacial score (nSPS) is 23.8. The molecule has 1 aliphatic heterocycles. The Hall–Kier alpha value is -0.350. The van der Waals surface area contributed by atoms with Gasteiger partial charge in [-0.3, -0.25) is 0 Å². The molecule has 3 nitrogen and oxygen atoms in total. The third-order valence-electron chi connectivity index (χ3n) is 2.34. The second kappa shape index (κ2) is 3.58. The van der Waals surface area contributed by atoms with Crippen molar-refractivity contribution in [2.45, 2.75) is 12.8 Å². The molecular formula is C8H14O3S. The summed E-state index contributed by atoms with van der Waals surface area (Å²) in [4.78, 5) is 0. The first-order chi connectivity index (χ1) is 5.55. The van der Waals surface area contributed by atoms with Crippen molar-refractivity contribution in [1.82, 2.24) is 0 Å². The Kier molecular flexibility index (Phi) is 2.90. The van der Waals surface area contributed by atoms with Crippen molar-refractivity contribution < 1.29 is 13.5 Å². The van der Waals surface area contributed by atoms with Crippen LogP contribution in [0, 0.1) is 5.92 Å². The zero-order valence-corrected chi connectivity index (χ0v) is 7.81. The Morgan fingerprint density at radius 2 is 1.92 bits per heavy atom. The van der Waals surface area contributed by atoms with Gasteiger partial charge in [0, 0.05) is 0 Å². The number of hydrogen-bond donors (Lipinski definition) is 1. The Morgan fingerprint density at radius 3 is 2.33 bits per heavy atom. The van der Waals surface area contributed by atoms with E-state index in [-0.39, 0.29) is 24.0 Å². The van der Waals surface area contributed by atoms with E-state index in [1.807, 2.05) is 0 Å². The lowest BCUT2D eigenvalue weighted by Gasteiger charge is -2.22. The molecule has 0 amide bonds. The number of sulfone groups is 1. The van der Waals surface area contributed by atoms with Crippen LogP contribution in [0.2, 0.25) is 0 Å². The zero-order chi connectivity index (χ0) is 9.19. The van der Waals surface area contributed by atoms with Gasteiger partial charge in [-0.2, -0.15) is 0 Å². The van der Waals surface area contributed by atoms with E-state index in [0.29, 0.717) is 12.8 Å². The second-order valence-electron chi connectivity index (χ2n) is 3.24. The number of aliphatic hydroxyl groups excluding tert-OH is 1. The highest BCUT2D eigenvalue weighted by atomic mass is 32.2. The molecule has 1 rings (SSSR count). The fraction of sp³-hybridized carbons (Fsp3) is 0.750. The molecule has 0 aliphatic carbocycles. The molecule has 0 atom stereocenters. The van der Waals surface area contributed by atoms with Gasteiger partial charge in [0.15, 0.2) is 0 Å². The van der Waals surface area contributed by atoms with Crippen LogP contribution in [0.5, 0.6) is 0 Å². The summed E-state index contributed by atoms with van der Waals surface area (Å²) in [7, 11) is -2.78. The van der Waals surface area contributed by atoms with Crippen LogP contribution in [0.15, 0.2) is 12.2 Å². The quantitative estimate of drug-likeness (QED) is 0.640. The van der Waals surface area contributed by atoms with Crippen molar-refractivity contribution in [1.29, 1.82) is 0 Å². The Balaban J connectivity index is 2.52. The van der Waals surface area contributed by atoms with Gasteiger partial charge in [-0.05, 0) is 24.3 Å². The van der Waals surface area contributed by atoms with Crippen molar-refractivity contribution in [3.8, 4) is 0 Å². The summed E-state index contributed by atoms with van der Waals surface area (Å²) in [5.74, 6) is 0.700. The molecule has 0 spiro atoms. The third-order valence-corrected chi connectivity index (χ3v) is 4.05. The van der Waals surface area contributed by atoms with Crippen molar-refractivity contribution in [2.24, 2.45) is 5.92 Å². The molecule has 0 aromatic heterocycles. The van der Waals surface area contributed by atoms with Crippen LogP contribution >= 0.6 is 0 Å². The molecule has 4 heteroatoms. The van der Waals surface area contributed by atoms with Gasteiger partial charge in [0.05, 0.1) is 18.1 Å². The predicted molar refractivity (Wildman–Crippen MR) is 47.6 cm³/mol. The van der Waals surface area contributed by atoms with E-state index in [1.165, 1.54) is 0 Å². The molecule has 1 heterocycles. The lowest BCUT2D eigenvalue weighted by Crippen LogP contribution is -2.24. The van der Waals surface area contributed by atoms with E-state index >= 15 is 0 Å². The van der Waals surface area contributed by atoms with E-state index in [2.05, 4.69) is 6.58 Å². The molecule has 0 radical (unpaired) electrons. The number of aliphatic hydroxyl groups is 1. The Bertz CT molecular complexity index is 252. The first kappa shape index (κ1) is 9.74. The molecule has 12 heavy (non-hydrogen) atoms. The topological polar surface area (TPSA) is 54.4 Å². The first-order valence-electron chi connectivity index (χ1n) is 4.04. The number of hydrogen-bond acceptors (Lipinski definition) is 3. The van der Waals surface area contributed by atoms with Crippen molar-refractivity contribution in [3.63, 3.8) is 0 Å². The summed E-state index contributed by atoms with van der Waals surface area (Å²) in [6.07, 6.45) is 1.25. The highest BCUT2D eigenvalue weighted by Crippen LogP contribution is 2.24. The molecule has 0 unspecified atom stereocenters. The van der Waals surface area contributed by atoms with Crippen LogP contribution in [0.4, 0.5) is 0 Å². The SMILES string of the molecule is C=C(CO)C1CCS(=O)(=O)CC1. The molecule has 1 saturated heterocycles. The first-order valence-corrected chi connectivity index (χ1v) is 5.86. The van der Waals surface area contributed by atoms with Gasteiger partial charge in [-0.1, -0.05) is 6.58 Å². The highest BCUT2D eigenvalue weighted by Gasteiger charge is 2.24. The van der Waals surface area contributed by atoms with Gasteiger partial charge in [-0.25, -0.2) is 8.42 Å². The van der Waals surface area contributed by atoms with E-state index in [9.17, 15) is 8.42 Å². The largest absolute Gasteiger partial charge is 0.392 e. The van der Waals surface area contributed by atoms with Crippen molar-refractivity contribution in [2.75, 3.05) is 18.1 Å². The Morgan fingerprint density at radius 1 is 1.42 bits per heavy atom. The minimum absolute atomic E-state index is 0.0231. The van der Waals surface area contributed by atoms with Gasteiger partial charge >= 0.3 is 0 Å². The van der Waals surface area contributed by atoms with E-state index in [1.54, 1.807) is 0 Å². The van der Waals surface area contributed by atoms with Crippen LogP contribution in [0.3, 0.4) is 0 Å². The summed E-state index contributed by atoms with van der Waals surface area (Å²) in [5, 5.41) is 8.77. The van der Waals surface area contributed by atoms with Gasteiger partial charge in [-0.15, -0.1) is 0 Å². The molecule has 0 aromatic carbocycles. The van der Waals surface area contributed by atoms with Gasteiger partial charge in [0.2, 0.25) is 0 Å². The molecule has 0 bridgehead atoms. The van der Waals surface area contributed by atoms with Crippen LogP contribution in [-0.2, 0) is 9.84 Å². The lowest BCUT2D eigenvalue weighted by molar-refractivity contribution is 0.309. The summed E-state index contributed by atoms with van der Waals surface area (Å²) in [6, 6.07) is 0. The standard InChI is InChI=1S/C8H14O3S/c1-7(6-9)8-2-4-12(10,11)5-3-8/h8-9H,1-6H2. The minimum atomic E-state index is -2.78. The van der Waals surface area contributed by atoms with Crippen molar-refractivity contribution >= 4 is 9.84 Å². The fourth-order valence-corrected chi connectivity index (χ4v) is 2.92.